The maximum Gasteiger partial charge on any atom is 0.213 e. The summed E-state index contributed by atoms with van der Waals surface area (Å²) in [5.41, 5.74) is 1.90. The Labute approximate surface area is 166 Å². The number of ether oxygens (including phenoxy) is 3. The molecule has 3 rings (SSSR count). The fourth-order valence-corrected chi connectivity index (χ4v) is 2.67. The molecule has 1 aliphatic heterocycles. The summed E-state index contributed by atoms with van der Waals surface area (Å²) in [5, 5.41) is 6.57. The number of pyridine rings is 1. The Hall–Kier alpha value is -2.96. The second-order valence-corrected chi connectivity index (χ2v) is 6.70. The first kappa shape index (κ1) is 19.8. The molecule has 0 saturated carbocycles. The molecule has 0 aliphatic carbocycles. The van der Waals surface area contributed by atoms with Gasteiger partial charge in [-0.2, -0.15) is 0 Å². The van der Waals surface area contributed by atoms with Gasteiger partial charge in [-0.15, -0.1) is 0 Å². The van der Waals surface area contributed by atoms with E-state index in [4.69, 9.17) is 14.2 Å². The molecule has 0 fully saturated rings. The van der Waals surface area contributed by atoms with Crippen LogP contribution >= 0.6 is 0 Å². The smallest absolute Gasteiger partial charge is 0.213 e. The number of rotatable bonds is 6. The van der Waals surface area contributed by atoms with Gasteiger partial charge in [0.1, 0.15) is 0 Å². The maximum atomic E-state index is 5.75. The third-order valence-corrected chi connectivity index (χ3v) is 3.93. The Kier molecular flexibility index (Phi) is 6.94. The summed E-state index contributed by atoms with van der Waals surface area (Å²) in [6, 6.07) is 9.66. The van der Waals surface area contributed by atoms with Crippen molar-refractivity contribution in [1.82, 2.24) is 10.3 Å². The van der Waals surface area contributed by atoms with Crippen molar-refractivity contribution in [3.63, 3.8) is 0 Å². The summed E-state index contributed by atoms with van der Waals surface area (Å²) in [6.45, 7) is 8.60. The molecule has 0 unspecified atom stereocenters. The number of nitrogens with zero attached hydrogens (tertiary/aromatic N) is 2. The molecule has 1 aromatic heterocycles. The van der Waals surface area contributed by atoms with E-state index >= 15 is 0 Å². The molecule has 0 saturated heterocycles. The van der Waals surface area contributed by atoms with E-state index in [-0.39, 0.29) is 6.10 Å². The topological polar surface area (TPSA) is 77.0 Å². The SMILES string of the molecule is CCNC(=NCc1ccc(OC(C)C)nc1)Nc1ccc2c(c1)OCCCO2. The van der Waals surface area contributed by atoms with Crippen molar-refractivity contribution in [3.05, 3.63) is 42.1 Å². The minimum absolute atomic E-state index is 0.108. The average Bonchev–Trinajstić information content (AvgIpc) is 2.92. The van der Waals surface area contributed by atoms with Gasteiger partial charge in [-0.25, -0.2) is 9.98 Å². The zero-order valence-corrected chi connectivity index (χ0v) is 16.7. The number of anilines is 1. The Morgan fingerprint density at radius 3 is 2.71 bits per heavy atom. The first-order valence-electron chi connectivity index (χ1n) is 9.70. The summed E-state index contributed by atoms with van der Waals surface area (Å²) < 4.78 is 17.0. The van der Waals surface area contributed by atoms with Crippen molar-refractivity contribution in [2.45, 2.75) is 39.8 Å². The van der Waals surface area contributed by atoms with Crippen LogP contribution in [-0.2, 0) is 6.54 Å². The molecule has 7 heteroatoms. The zero-order chi connectivity index (χ0) is 19.8. The lowest BCUT2D eigenvalue weighted by Gasteiger charge is -2.14. The quantitative estimate of drug-likeness (QED) is 0.585. The van der Waals surface area contributed by atoms with Gasteiger partial charge in [0.25, 0.3) is 0 Å². The van der Waals surface area contributed by atoms with E-state index < -0.39 is 0 Å². The molecular formula is C21H28N4O3. The molecular weight excluding hydrogens is 356 g/mol. The van der Waals surface area contributed by atoms with Crippen LogP contribution in [0.4, 0.5) is 5.69 Å². The van der Waals surface area contributed by atoms with Gasteiger partial charge >= 0.3 is 0 Å². The van der Waals surface area contributed by atoms with Crippen LogP contribution in [0.1, 0.15) is 32.8 Å². The van der Waals surface area contributed by atoms with Crippen LogP contribution in [0.5, 0.6) is 17.4 Å². The van der Waals surface area contributed by atoms with Crippen molar-refractivity contribution in [2.75, 3.05) is 25.1 Å². The second-order valence-electron chi connectivity index (χ2n) is 6.70. The monoisotopic (exact) mass is 384 g/mol. The number of hydrogen-bond donors (Lipinski definition) is 2. The van der Waals surface area contributed by atoms with E-state index in [0.29, 0.717) is 31.6 Å². The summed E-state index contributed by atoms with van der Waals surface area (Å²) in [4.78, 5) is 8.96. The molecule has 2 N–H and O–H groups in total. The highest BCUT2D eigenvalue weighted by atomic mass is 16.5. The minimum Gasteiger partial charge on any atom is -0.490 e. The van der Waals surface area contributed by atoms with E-state index in [1.165, 1.54) is 0 Å². The highest BCUT2D eigenvalue weighted by molar-refractivity contribution is 5.93. The van der Waals surface area contributed by atoms with Gasteiger partial charge < -0.3 is 24.8 Å². The number of benzene rings is 1. The molecule has 28 heavy (non-hydrogen) atoms. The number of hydrogen-bond acceptors (Lipinski definition) is 5. The summed E-state index contributed by atoms with van der Waals surface area (Å²) in [6.07, 6.45) is 2.78. The maximum absolute atomic E-state index is 5.75. The zero-order valence-electron chi connectivity index (χ0n) is 16.7. The summed E-state index contributed by atoms with van der Waals surface area (Å²) >= 11 is 0. The van der Waals surface area contributed by atoms with Crippen molar-refractivity contribution in [3.8, 4) is 17.4 Å². The first-order chi connectivity index (χ1) is 13.6. The van der Waals surface area contributed by atoms with Gasteiger partial charge in [-0.1, -0.05) is 6.07 Å². The molecule has 0 atom stereocenters. The van der Waals surface area contributed by atoms with Crippen LogP contribution in [-0.4, -0.2) is 36.8 Å². The predicted molar refractivity (Wildman–Crippen MR) is 110 cm³/mol. The van der Waals surface area contributed by atoms with Crippen LogP contribution in [0.2, 0.25) is 0 Å². The van der Waals surface area contributed by atoms with Crippen molar-refractivity contribution in [2.24, 2.45) is 4.99 Å². The summed E-state index contributed by atoms with van der Waals surface area (Å²) in [7, 11) is 0. The van der Waals surface area contributed by atoms with Crippen molar-refractivity contribution >= 4 is 11.6 Å². The van der Waals surface area contributed by atoms with E-state index in [1.807, 2.05) is 51.1 Å². The summed E-state index contributed by atoms with van der Waals surface area (Å²) in [5.74, 6) is 2.85. The van der Waals surface area contributed by atoms with Gasteiger partial charge in [0.15, 0.2) is 17.5 Å². The third kappa shape index (κ3) is 5.77. The van der Waals surface area contributed by atoms with Gasteiger partial charge in [0.2, 0.25) is 5.88 Å². The Morgan fingerprint density at radius 1 is 1.18 bits per heavy atom. The molecule has 2 heterocycles. The van der Waals surface area contributed by atoms with E-state index in [0.717, 1.165) is 35.7 Å². The highest BCUT2D eigenvalue weighted by Crippen LogP contribution is 2.32. The molecule has 2 aromatic rings. The number of aromatic nitrogens is 1. The largest absolute Gasteiger partial charge is 0.490 e. The van der Waals surface area contributed by atoms with Crippen LogP contribution in [0.25, 0.3) is 0 Å². The molecule has 1 aliphatic rings. The molecule has 0 spiro atoms. The number of fused-ring (bicyclic) bond motifs is 1. The predicted octanol–water partition coefficient (Wildman–Crippen LogP) is 3.61. The lowest BCUT2D eigenvalue weighted by molar-refractivity contribution is 0.232. The normalized spacial score (nSPS) is 13.8. The Morgan fingerprint density at radius 2 is 2.00 bits per heavy atom. The molecule has 0 radical (unpaired) electrons. The molecule has 7 nitrogen and oxygen atoms in total. The number of guanidine groups is 1. The van der Waals surface area contributed by atoms with Crippen LogP contribution in [0, 0.1) is 0 Å². The van der Waals surface area contributed by atoms with Crippen LogP contribution in [0.15, 0.2) is 41.5 Å². The number of aliphatic imine (C=N–C) groups is 1. The van der Waals surface area contributed by atoms with Gasteiger partial charge in [0.05, 0.1) is 25.9 Å². The molecule has 0 bridgehead atoms. The van der Waals surface area contributed by atoms with E-state index in [1.54, 1.807) is 6.20 Å². The average molecular weight is 384 g/mol. The fourth-order valence-electron chi connectivity index (χ4n) is 2.67. The van der Waals surface area contributed by atoms with Crippen LogP contribution in [0.3, 0.4) is 0 Å². The Bertz CT molecular complexity index is 791. The van der Waals surface area contributed by atoms with Gasteiger partial charge in [0, 0.05) is 37.0 Å². The fraction of sp³-hybridized carbons (Fsp3) is 0.429. The molecule has 1 aromatic carbocycles. The number of nitrogens with one attached hydrogen (secondary N) is 2. The molecule has 0 amide bonds. The lowest BCUT2D eigenvalue weighted by atomic mass is 10.2. The molecule has 150 valence electrons. The van der Waals surface area contributed by atoms with E-state index in [2.05, 4.69) is 20.6 Å². The van der Waals surface area contributed by atoms with Gasteiger partial charge in [-0.05, 0) is 38.5 Å². The van der Waals surface area contributed by atoms with Gasteiger partial charge in [-0.3, -0.25) is 0 Å². The van der Waals surface area contributed by atoms with Crippen LogP contribution < -0.4 is 24.8 Å². The minimum atomic E-state index is 0.108. The van der Waals surface area contributed by atoms with Crippen molar-refractivity contribution in [1.29, 1.82) is 0 Å². The third-order valence-electron chi connectivity index (χ3n) is 3.93. The van der Waals surface area contributed by atoms with Crippen molar-refractivity contribution < 1.29 is 14.2 Å². The lowest BCUT2D eigenvalue weighted by Crippen LogP contribution is -2.30. The highest BCUT2D eigenvalue weighted by Gasteiger charge is 2.11. The Balaban J connectivity index is 1.66. The van der Waals surface area contributed by atoms with E-state index in [9.17, 15) is 0 Å². The standard InChI is InChI=1S/C21H28N4O3/c1-4-22-21(24-14-16-6-9-20(23-13-16)28-15(2)3)25-17-7-8-18-19(12-17)27-11-5-10-26-18/h6-9,12-13,15H,4-5,10-11,14H2,1-3H3,(H2,22,24,25). The second kappa shape index (κ2) is 9.82. The first-order valence-corrected chi connectivity index (χ1v) is 9.70.